The number of ether oxygens (including phenoxy) is 1. The fourth-order valence-electron chi connectivity index (χ4n) is 1.50. The van der Waals surface area contributed by atoms with Gasteiger partial charge >= 0.3 is 0 Å². The lowest BCUT2D eigenvalue weighted by Crippen LogP contribution is -2.24. The number of rotatable bonds is 5. The third-order valence-electron chi connectivity index (χ3n) is 2.46. The molecule has 0 radical (unpaired) electrons. The topological polar surface area (TPSA) is 70.9 Å². The zero-order chi connectivity index (χ0) is 15.1. The number of amides is 1. The molecule has 0 unspecified atom stereocenters. The Balaban J connectivity index is 1.78. The summed E-state index contributed by atoms with van der Waals surface area (Å²) in [6, 6.07) is 13.7. The maximum Gasteiger partial charge on any atom is 0.277 e. The van der Waals surface area contributed by atoms with Crippen LogP contribution in [0.5, 0.6) is 11.5 Å². The summed E-state index contributed by atoms with van der Waals surface area (Å²) < 4.78 is 6.24. The molecule has 6 heteroatoms. The Hall–Kier alpha value is -2.34. The lowest BCUT2D eigenvalue weighted by molar-refractivity contribution is -0.123. The second-order valence-electron chi connectivity index (χ2n) is 4.13. The highest BCUT2D eigenvalue weighted by atomic mass is 79.9. The largest absolute Gasteiger partial charge is 0.508 e. The number of phenols is 1. The van der Waals surface area contributed by atoms with E-state index in [-0.39, 0.29) is 18.3 Å². The second-order valence-corrected chi connectivity index (χ2v) is 5.05. The SMILES string of the molecule is O=C(COc1ccc(Br)cc1)N/N=C/c1cccc(O)c1. The van der Waals surface area contributed by atoms with Crippen LogP contribution in [0.1, 0.15) is 5.56 Å². The summed E-state index contributed by atoms with van der Waals surface area (Å²) in [7, 11) is 0. The number of nitrogens with one attached hydrogen (secondary N) is 1. The highest BCUT2D eigenvalue weighted by Gasteiger charge is 2.01. The molecule has 0 fully saturated rings. The van der Waals surface area contributed by atoms with Gasteiger partial charge in [-0.3, -0.25) is 4.79 Å². The quantitative estimate of drug-likeness (QED) is 0.644. The van der Waals surface area contributed by atoms with Crippen molar-refractivity contribution in [1.82, 2.24) is 5.43 Å². The Labute approximate surface area is 130 Å². The molecule has 5 nitrogen and oxygen atoms in total. The average molecular weight is 349 g/mol. The first kappa shape index (κ1) is 15.1. The smallest absolute Gasteiger partial charge is 0.277 e. The first-order chi connectivity index (χ1) is 10.1. The Morgan fingerprint density at radius 2 is 2.05 bits per heavy atom. The van der Waals surface area contributed by atoms with Gasteiger partial charge < -0.3 is 9.84 Å². The van der Waals surface area contributed by atoms with Gasteiger partial charge in [0, 0.05) is 4.47 Å². The number of hydrogen-bond donors (Lipinski definition) is 2. The van der Waals surface area contributed by atoms with Crippen molar-refractivity contribution in [3.05, 3.63) is 58.6 Å². The first-order valence-electron chi connectivity index (χ1n) is 6.13. The zero-order valence-corrected chi connectivity index (χ0v) is 12.6. The minimum Gasteiger partial charge on any atom is -0.508 e. The van der Waals surface area contributed by atoms with Crippen LogP contribution in [0.25, 0.3) is 0 Å². The van der Waals surface area contributed by atoms with Gasteiger partial charge in [0.2, 0.25) is 0 Å². The van der Waals surface area contributed by atoms with E-state index in [9.17, 15) is 9.90 Å². The maximum atomic E-state index is 11.5. The summed E-state index contributed by atoms with van der Waals surface area (Å²) in [6.45, 7) is -0.126. The van der Waals surface area contributed by atoms with Crippen LogP contribution < -0.4 is 10.2 Å². The molecule has 2 aromatic carbocycles. The highest BCUT2D eigenvalue weighted by Crippen LogP contribution is 2.15. The van der Waals surface area contributed by atoms with Gasteiger partial charge in [0.05, 0.1) is 6.21 Å². The van der Waals surface area contributed by atoms with Gasteiger partial charge in [0.25, 0.3) is 5.91 Å². The number of hydrazone groups is 1. The number of hydrogen-bond acceptors (Lipinski definition) is 4. The highest BCUT2D eigenvalue weighted by molar-refractivity contribution is 9.10. The van der Waals surface area contributed by atoms with Crippen molar-refractivity contribution >= 4 is 28.1 Å². The first-order valence-corrected chi connectivity index (χ1v) is 6.92. The molecular formula is C15H13BrN2O3. The minimum atomic E-state index is -0.366. The van der Waals surface area contributed by atoms with E-state index in [1.165, 1.54) is 12.3 Å². The van der Waals surface area contributed by atoms with Crippen molar-refractivity contribution in [2.75, 3.05) is 6.61 Å². The summed E-state index contributed by atoms with van der Waals surface area (Å²) in [5.74, 6) is 0.378. The lowest BCUT2D eigenvalue weighted by Gasteiger charge is -2.04. The fraction of sp³-hybridized carbons (Fsp3) is 0.0667. The number of nitrogens with zero attached hydrogens (tertiary/aromatic N) is 1. The normalized spacial score (nSPS) is 10.5. The number of benzene rings is 2. The maximum absolute atomic E-state index is 11.5. The molecule has 2 rings (SSSR count). The molecule has 0 saturated carbocycles. The summed E-state index contributed by atoms with van der Waals surface area (Å²) in [4.78, 5) is 11.5. The molecule has 0 saturated heterocycles. The Bertz CT molecular complexity index is 642. The van der Waals surface area contributed by atoms with Crippen LogP contribution in [-0.2, 0) is 4.79 Å². The molecule has 0 spiro atoms. The molecule has 2 aromatic rings. The Morgan fingerprint density at radius 3 is 2.76 bits per heavy atom. The van der Waals surface area contributed by atoms with Crippen LogP contribution in [0, 0.1) is 0 Å². The summed E-state index contributed by atoms with van der Waals surface area (Å²) in [5, 5.41) is 13.1. The van der Waals surface area contributed by atoms with E-state index in [0.717, 1.165) is 4.47 Å². The van der Waals surface area contributed by atoms with Gasteiger partial charge in [-0.1, -0.05) is 28.1 Å². The van der Waals surface area contributed by atoms with Gasteiger partial charge in [-0.25, -0.2) is 5.43 Å². The van der Waals surface area contributed by atoms with Crippen LogP contribution in [0.4, 0.5) is 0 Å². The van der Waals surface area contributed by atoms with E-state index in [4.69, 9.17) is 4.74 Å². The van der Waals surface area contributed by atoms with Crippen molar-refractivity contribution in [2.45, 2.75) is 0 Å². The molecule has 0 atom stereocenters. The minimum absolute atomic E-state index is 0.126. The van der Waals surface area contributed by atoms with E-state index < -0.39 is 0 Å². The number of halogens is 1. The molecule has 2 N–H and O–H groups in total. The van der Waals surface area contributed by atoms with Crippen LogP contribution in [0.15, 0.2) is 58.1 Å². The third kappa shape index (κ3) is 5.27. The molecule has 0 heterocycles. The predicted octanol–water partition coefficient (Wildman–Crippen LogP) is 2.68. The van der Waals surface area contributed by atoms with Crippen LogP contribution in [0.3, 0.4) is 0 Å². The molecule has 0 aromatic heterocycles. The number of carbonyl (C=O) groups excluding carboxylic acids is 1. The monoisotopic (exact) mass is 348 g/mol. The van der Waals surface area contributed by atoms with Gasteiger partial charge in [0.1, 0.15) is 11.5 Å². The third-order valence-corrected chi connectivity index (χ3v) is 2.99. The van der Waals surface area contributed by atoms with Crippen LogP contribution >= 0.6 is 15.9 Å². The molecule has 1 amide bonds. The molecular weight excluding hydrogens is 336 g/mol. The number of aromatic hydroxyl groups is 1. The summed E-state index contributed by atoms with van der Waals surface area (Å²) in [5.41, 5.74) is 3.03. The van der Waals surface area contributed by atoms with Crippen molar-refractivity contribution in [2.24, 2.45) is 5.10 Å². The van der Waals surface area contributed by atoms with E-state index in [1.54, 1.807) is 30.3 Å². The predicted molar refractivity (Wildman–Crippen MR) is 83.5 cm³/mol. The summed E-state index contributed by atoms with van der Waals surface area (Å²) >= 11 is 3.32. The molecule has 0 bridgehead atoms. The Morgan fingerprint density at radius 1 is 1.29 bits per heavy atom. The van der Waals surface area contributed by atoms with E-state index in [1.807, 2.05) is 12.1 Å². The number of phenolic OH excluding ortho intramolecular Hbond substituents is 1. The van der Waals surface area contributed by atoms with Crippen molar-refractivity contribution in [1.29, 1.82) is 0 Å². The van der Waals surface area contributed by atoms with Crippen LogP contribution in [0.2, 0.25) is 0 Å². The summed E-state index contributed by atoms with van der Waals surface area (Å²) in [6.07, 6.45) is 1.44. The number of carbonyl (C=O) groups is 1. The van der Waals surface area contributed by atoms with Crippen molar-refractivity contribution < 1.29 is 14.6 Å². The van der Waals surface area contributed by atoms with Crippen molar-refractivity contribution in [3.63, 3.8) is 0 Å². The zero-order valence-electron chi connectivity index (χ0n) is 11.0. The van der Waals surface area contributed by atoms with E-state index in [2.05, 4.69) is 26.5 Å². The van der Waals surface area contributed by atoms with Crippen molar-refractivity contribution in [3.8, 4) is 11.5 Å². The molecule has 21 heavy (non-hydrogen) atoms. The van der Waals surface area contributed by atoms with Gasteiger partial charge in [-0.2, -0.15) is 5.10 Å². The van der Waals surface area contributed by atoms with Gasteiger partial charge in [0.15, 0.2) is 6.61 Å². The van der Waals surface area contributed by atoms with Gasteiger partial charge in [-0.05, 0) is 42.0 Å². The van der Waals surface area contributed by atoms with E-state index in [0.29, 0.717) is 11.3 Å². The fourth-order valence-corrected chi connectivity index (χ4v) is 1.76. The van der Waals surface area contributed by atoms with Gasteiger partial charge in [-0.15, -0.1) is 0 Å². The molecule has 0 aliphatic heterocycles. The molecule has 0 aliphatic carbocycles. The average Bonchev–Trinajstić information content (AvgIpc) is 2.47. The van der Waals surface area contributed by atoms with Crippen LogP contribution in [-0.4, -0.2) is 23.8 Å². The molecule has 0 aliphatic rings. The Kier molecular flexibility index (Phi) is 5.34. The lowest BCUT2D eigenvalue weighted by atomic mass is 10.2. The van der Waals surface area contributed by atoms with E-state index >= 15 is 0 Å². The molecule has 108 valence electrons. The standard InChI is InChI=1S/C15H13BrN2O3/c16-12-4-6-14(7-5-12)21-10-15(20)18-17-9-11-2-1-3-13(19)8-11/h1-9,19H,10H2,(H,18,20)/b17-9+. The second kappa shape index (κ2) is 7.44.